The van der Waals surface area contributed by atoms with Gasteiger partial charge in [-0.25, -0.2) is 0 Å². The van der Waals surface area contributed by atoms with E-state index in [-0.39, 0.29) is 0 Å². The zero-order valence-corrected chi connectivity index (χ0v) is 13.5. The van der Waals surface area contributed by atoms with Crippen LogP contribution in [0.1, 0.15) is 43.9 Å². The van der Waals surface area contributed by atoms with Crippen LogP contribution in [-0.4, -0.2) is 46.4 Å². The molecular formula is C18H25N3O2. The first kappa shape index (κ1) is 16.1. The predicted octanol–water partition coefficient (Wildman–Crippen LogP) is 3.08. The third kappa shape index (κ3) is 4.39. The summed E-state index contributed by atoms with van der Waals surface area (Å²) in [7, 11) is 0. The smallest absolute Gasteiger partial charge is 0.230 e. The quantitative estimate of drug-likeness (QED) is 0.796. The minimum Gasteiger partial charge on any atom is -0.396 e. The molecule has 0 unspecified atom stereocenters. The molecule has 5 nitrogen and oxygen atoms in total. The molecule has 1 aromatic carbocycles. The average Bonchev–Trinajstić information content (AvgIpc) is 3.10. The second-order valence-electron chi connectivity index (χ2n) is 6.22. The van der Waals surface area contributed by atoms with Crippen molar-refractivity contribution in [1.29, 1.82) is 0 Å². The summed E-state index contributed by atoms with van der Waals surface area (Å²) >= 11 is 0. The van der Waals surface area contributed by atoms with Crippen molar-refractivity contribution >= 4 is 0 Å². The van der Waals surface area contributed by atoms with Gasteiger partial charge in [0.2, 0.25) is 11.7 Å². The van der Waals surface area contributed by atoms with Crippen molar-refractivity contribution in [3.8, 4) is 11.4 Å². The minimum absolute atomic E-state index is 0.309. The van der Waals surface area contributed by atoms with Crippen molar-refractivity contribution in [3.63, 3.8) is 0 Å². The summed E-state index contributed by atoms with van der Waals surface area (Å²) in [5.74, 6) is 1.85. The van der Waals surface area contributed by atoms with Crippen molar-refractivity contribution in [2.75, 3.05) is 26.2 Å². The van der Waals surface area contributed by atoms with Crippen LogP contribution < -0.4 is 0 Å². The van der Waals surface area contributed by atoms with E-state index < -0.39 is 0 Å². The number of unbranched alkanes of at least 4 members (excludes halogenated alkanes) is 2. The number of hydrogen-bond donors (Lipinski definition) is 1. The number of hydrogen-bond acceptors (Lipinski definition) is 5. The Hall–Kier alpha value is -1.72. The highest BCUT2D eigenvalue weighted by atomic mass is 16.5. The lowest BCUT2D eigenvalue weighted by molar-refractivity contribution is 0.189. The maximum absolute atomic E-state index is 8.81. The summed E-state index contributed by atoms with van der Waals surface area (Å²) in [4.78, 5) is 7.09. The van der Waals surface area contributed by atoms with Crippen LogP contribution in [0.5, 0.6) is 0 Å². The Labute approximate surface area is 137 Å². The van der Waals surface area contributed by atoms with Gasteiger partial charge in [0.15, 0.2) is 0 Å². The summed E-state index contributed by atoms with van der Waals surface area (Å²) in [6.45, 7) is 3.62. The fraction of sp³-hybridized carbons (Fsp3) is 0.556. The molecule has 0 atom stereocenters. The highest BCUT2D eigenvalue weighted by molar-refractivity contribution is 5.53. The third-order valence-electron chi connectivity index (χ3n) is 4.54. The third-order valence-corrected chi connectivity index (χ3v) is 4.54. The van der Waals surface area contributed by atoms with E-state index in [4.69, 9.17) is 9.63 Å². The molecule has 0 aliphatic carbocycles. The molecule has 0 radical (unpaired) electrons. The van der Waals surface area contributed by atoms with Gasteiger partial charge in [0.1, 0.15) is 0 Å². The summed E-state index contributed by atoms with van der Waals surface area (Å²) in [6.07, 6.45) is 5.36. The van der Waals surface area contributed by atoms with Gasteiger partial charge < -0.3 is 14.5 Å². The van der Waals surface area contributed by atoms with E-state index in [9.17, 15) is 0 Å². The first-order valence-corrected chi connectivity index (χ1v) is 8.59. The van der Waals surface area contributed by atoms with Gasteiger partial charge in [-0.1, -0.05) is 35.5 Å². The second kappa shape index (κ2) is 8.22. The minimum atomic E-state index is 0.309. The molecular weight excluding hydrogens is 290 g/mol. The van der Waals surface area contributed by atoms with E-state index in [2.05, 4.69) is 15.0 Å². The lowest BCUT2D eigenvalue weighted by atomic mass is 9.96. The molecule has 124 valence electrons. The first-order chi connectivity index (χ1) is 11.4. The molecule has 0 saturated carbocycles. The Balaban J connectivity index is 1.49. The fourth-order valence-electron chi connectivity index (χ4n) is 3.13. The Bertz CT molecular complexity index is 577. The summed E-state index contributed by atoms with van der Waals surface area (Å²) < 4.78 is 5.50. The van der Waals surface area contributed by atoms with Gasteiger partial charge >= 0.3 is 0 Å². The van der Waals surface area contributed by atoms with E-state index in [0.717, 1.165) is 56.8 Å². The molecule has 0 spiro atoms. The molecule has 1 fully saturated rings. The Morgan fingerprint density at radius 3 is 2.61 bits per heavy atom. The first-order valence-electron chi connectivity index (χ1n) is 8.59. The van der Waals surface area contributed by atoms with E-state index in [0.29, 0.717) is 18.3 Å². The molecule has 0 bridgehead atoms. The second-order valence-corrected chi connectivity index (χ2v) is 6.22. The summed E-state index contributed by atoms with van der Waals surface area (Å²) in [5.41, 5.74) is 1.00. The average molecular weight is 315 g/mol. The zero-order chi connectivity index (χ0) is 15.9. The van der Waals surface area contributed by atoms with Crippen LogP contribution in [0.3, 0.4) is 0 Å². The van der Waals surface area contributed by atoms with Gasteiger partial charge in [-0.3, -0.25) is 0 Å². The van der Waals surface area contributed by atoms with Gasteiger partial charge in [-0.05, 0) is 51.7 Å². The number of aliphatic hydroxyl groups is 1. The van der Waals surface area contributed by atoms with Gasteiger partial charge in [0.25, 0.3) is 0 Å². The Morgan fingerprint density at radius 2 is 1.87 bits per heavy atom. The number of piperidine rings is 1. The number of aromatic nitrogens is 2. The SMILES string of the molecule is OCCCCCN1CCC(c2nc(-c3ccccc3)no2)CC1. The number of benzene rings is 1. The van der Waals surface area contributed by atoms with E-state index in [1.807, 2.05) is 30.3 Å². The molecule has 1 saturated heterocycles. The van der Waals surface area contributed by atoms with Crippen LogP contribution in [-0.2, 0) is 0 Å². The number of rotatable bonds is 7. The largest absolute Gasteiger partial charge is 0.396 e. The van der Waals surface area contributed by atoms with Crippen LogP contribution in [0.2, 0.25) is 0 Å². The summed E-state index contributed by atoms with van der Waals surface area (Å²) in [5, 5.41) is 12.9. The van der Waals surface area contributed by atoms with Crippen LogP contribution >= 0.6 is 0 Å². The predicted molar refractivity (Wildman–Crippen MR) is 89.1 cm³/mol. The Kier molecular flexibility index (Phi) is 5.77. The van der Waals surface area contributed by atoms with Crippen LogP contribution in [0.15, 0.2) is 34.9 Å². The molecule has 2 heterocycles. The molecule has 1 aliphatic heterocycles. The topological polar surface area (TPSA) is 62.4 Å². The standard InChI is InChI=1S/C18H25N3O2/c22-14-6-2-5-11-21-12-9-16(10-13-21)18-19-17(20-23-18)15-7-3-1-4-8-15/h1,3-4,7-8,16,22H,2,5-6,9-14H2. The highest BCUT2D eigenvalue weighted by Gasteiger charge is 2.25. The molecule has 5 heteroatoms. The lowest BCUT2D eigenvalue weighted by Crippen LogP contribution is -2.33. The highest BCUT2D eigenvalue weighted by Crippen LogP contribution is 2.28. The van der Waals surface area contributed by atoms with Gasteiger partial charge in [-0.2, -0.15) is 4.98 Å². The van der Waals surface area contributed by atoms with Crippen molar-refractivity contribution < 1.29 is 9.63 Å². The van der Waals surface area contributed by atoms with E-state index >= 15 is 0 Å². The molecule has 0 amide bonds. The van der Waals surface area contributed by atoms with Gasteiger partial charge in [0, 0.05) is 18.1 Å². The van der Waals surface area contributed by atoms with Gasteiger partial charge in [0.05, 0.1) is 0 Å². The van der Waals surface area contributed by atoms with Crippen LogP contribution in [0.4, 0.5) is 0 Å². The van der Waals surface area contributed by atoms with Crippen molar-refractivity contribution in [2.24, 2.45) is 0 Å². The molecule has 23 heavy (non-hydrogen) atoms. The monoisotopic (exact) mass is 315 g/mol. The van der Waals surface area contributed by atoms with Crippen molar-refractivity contribution in [2.45, 2.75) is 38.0 Å². The van der Waals surface area contributed by atoms with E-state index in [1.54, 1.807) is 0 Å². The lowest BCUT2D eigenvalue weighted by Gasteiger charge is -2.30. The van der Waals surface area contributed by atoms with Crippen LogP contribution in [0, 0.1) is 0 Å². The molecule has 2 aromatic rings. The Morgan fingerprint density at radius 1 is 1.09 bits per heavy atom. The fourth-order valence-corrected chi connectivity index (χ4v) is 3.13. The molecule has 3 rings (SSSR count). The van der Waals surface area contributed by atoms with Crippen molar-refractivity contribution in [3.05, 3.63) is 36.2 Å². The number of aliphatic hydroxyl groups excluding tert-OH is 1. The molecule has 1 aliphatic rings. The van der Waals surface area contributed by atoms with Crippen molar-refractivity contribution in [1.82, 2.24) is 15.0 Å². The number of likely N-dealkylation sites (tertiary alicyclic amines) is 1. The maximum Gasteiger partial charge on any atom is 0.230 e. The van der Waals surface area contributed by atoms with E-state index in [1.165, 1.54) is 6.42 Å². The number of nitrogens with zero attached hydrogens (tertiary/aromatic N) is 3. The maximum atomic E-state index is 8.81. The summed E-state index contributed by atoms with van der Waals surface area (Å²) in [6, 6.07) is 9.97. The molecule has 1 N–H and O–H groups in total. The molecule has 1 aromatic heterocycles. The van der Waals surface area contributed by atoms with Crippen LogP contribution in [0.25, 0.3) is 11.4 Å². The normalized spacial score (nSPS) is 16.7. The zero-order valence-electron chi connectivity index (χ0n) is 13.5. The van der Waals surface area contributed by atoms with Gasteiger partial charge in [-0.15, -0.1) is 0 Å².